The number of nitrogens with zero attached hydrogens (tertiary/aromatic N) is 3. The van der Waals surface area contributed by atoms with Crippen molar-refractivity contribution >= 4 is 15.7 Å². The molecular formula is C13H21N3O3S. The van der Waals surface area contributed by atoms with Crippen LogP contribution in [0.3, 0.4) is 0 Å². The van der Waals surface area contributed by atoms with Gasteiger partial charge >= 0.3 is 0 Å². The van der Waals surface area contributed by atoms with Gasteiger partial charge in [-0.3, -0.25) is 4.79 Å². The van der Waals surface area contributed by atoms with Gasteiger partial charge in [-0.25, -0.2) is 13.4 Å². The number of carbonyl (C=O) groups is 1. The Morgan fingerprint density at radius 1 is 1.40 bits per heavy atom. The van der Waals surface area contributed by atoms with Gasteiger partial charge in [0.25, 0.3) is 0 Å². The van der Waals surface area contributed by atoms with Crippen LogP contribution < -0.4 is 0 Å². The van der Waals surface area contributed by atoms with E-state index in [9.17, 15) is 13.2 Å². The van der Waals surface area contributed by atoms with Gasteiger partial charge in [0.15, 0.2) is 9.84 Å². The molecule has 2 heterocycles. The Kier molecular flexibility index (Phi) is 4.47. The number of hydrogen-bond donors (Lipinski definition) is 0. The molecule has 1 aliphatic rings. The lowest BCUT2D eigenvalue weighted by Crippen LogP contribution is -2.54. The summed E-state index contributed by atoms with van der Waals surface area (Å²) in [6.45, 7) is 4.57. The Morgan fingerprint density at radius 2 is 2.15 bits per heavy atom. The first-order chi connectivity index (χ1) is 9.42. The third kappa shape index (κ3) is 3.20. The Labute approximate surface area is 119 Å². The van der Waals surface area contributed by atoms with Crippen molar-refractivity contribution in [3.05, 3.63) is 18.7 Å². The molecule has 2 atom stereocenters. The van der Waals surface area contributed by atoms with E-state index in [1.165, 1.54) is 0 Å². The quantitative estimate of drug-likeness (QED) is 0.820. The minimum atomic E-state index is -3.04. The van der Waals surface area contributed by atoms with Crippen LogP contribution >= 0.6 is 0 Å². The fraction of sp³-hybridized carbons (Fsp3) is 0.692. The van der Waals surface area contributed by atoms with E-state index in [-0.39, 0.29) is 17.7 Å². The summed E-state index contributed by atoms with van der Waals surface area (Å²) in [6.07, 6.45) is 6.47. The minimum Gasteiger partial charge on any atom is -0.338 e. The van der Waals surface area contributed by atoms with E-state index >= 15 is 0 Å². The van der Waals surface area contributed by atoms with Gasteiger partial charge in [-0.1, -0.05) is 0 Å². The monoisotopic (exact) mass is 299 g/mol. The van der Waals surface area contributed by atoms with E-state index in [1.807, 2.05) is 17.7 Å². The maximum atomic E-state index is 12.2. The normalized spacial score (nSPS) is 25.6. The summed E-state index contributed by atoms with van der Waals surface area (Å²) >= 11 is 0. The Hall–Kier alpha value is -1.37. The maximum Gasteiger partial charge on any atom is 0.222 e. The topological polar surface area (TPSA) is 72.3 Å². The summed E-state index contributed by atoms with van der Waals surface area (Å²) in [4.78, 5) is 17.9. The molecule has 1 fully saturated rings. The van der Waals surface area contributed by atoms with Gasteiger partial charge in [-0.15, -0.1) is 0 Å². The highest BCUT2D eigenvalue weighted by molar-refractivity contribution is 7.92. The Morgan fingerprint density at radius 3 is 2.80 bits per heavy atom. The fourth-order valence-electron chi connectivity index (χ4n) is 2.50. The lowest BCUT2D eigenvalue weighted by atomic mass is 10.1. The van der Waals surface area contributed by atoms with Gasteiger partial charge in [0.2, 0.25) is 5.91 Å². The van der Waals surface area contributed by atoms with Gasteiger partial charge in [0.1, 0.15) is 0 Å². The summed E-state index contributed by atoms with van der Waals surface area (Å²) < 4.78 is 25.5. The molecule has 20 heavy (non-hydrogen) atoms. The second-order valence-electron chi connectivity index (χ2n) is 5.30. The van der Waals surface area contributed by atoms with Gasteiger partial charge in [-0.2, -0.15) is 0 Å². The molecule has 0 aliphatic carbocycles. The molecule has 0 spiro atoms. The van der Waals surface area contributed by atoms with Crippen LogP contribution in [0, 0.1) is 0 Å². The number of hydrogen-bond acceptors (Lipinski definition) is 4. The van der Waals surface area contributed by atoms with Crippen LogP contribution in [0.2, 0.25) is 0 Å². The van der Waals surface area contributed by atoms with E-state index in [2.05, 4.69) is 4.98 Å². The zero-order valence-electron chi connectivity index (χ0n) is 11.9. The summed E-state index contributed by atoms with van der Waals surface area (Å²) in [6, 6.07) is -0.241. The highest BCUT2D eigenvalue weighted by atomic mass is 32.2. The van der Waals surface area contributed by atoms with Gasteiger partial charge < -0.3 is 9.47 Å². The molecule has 112 valence electrons. The molecule has 0 aromatic carbocycles. The van der Waals surface area contributed by atoms with Crippen molar-refractivity contribution in [2.75, 3.05) is 12.3 Å². The number of rotatable bonds is 4. The lowest BCUT2D eigenvalue weighted by molar-refractivity contribution is -0.133. The highest BCUT2D eigenvalue weighted by Gasteiger charge is 2.37. The van der Waals surface area contributed by atoms with Crippen LogP contribution in [0.15, 0.2) is 18.7 Å². The van der Waals surface area contributed by atoms with Crippen molar-refractivity contribution in [2.45, 2.75) is 44.5 Å². The molecule has 2 rings (SSSR count). The van der Waals surface area contributed by atoms with E-state index in [0.717, 1.165) is 13.0 Å². The molecule has 1 saturated heterocycles. The summed E-state index contributed by atoms with van der Waals surface area (Å²) in [5.41, 5.74) is 0. The summed E-state index contributed by atoms with van der Waals surface area (Å²) in [5, 5.41) is -0.478. The Balaban J connectivity index is 1.86. The molecule has 0 radical (unpaired) electrons. The van der Waals surface area contributed by atoms with Crippen molar-refractivity contribution < 1.29 is 13.2 Å². The van der Waals surface area contributed by atoms with Gasteiger partial charge in [0.05, 0.1) is 17.3 Å². The van der Waals surface area contributed by atoms with Crippen LogP contribution in [-0.4, -0.2) is 52.4 Å². The number of sulfone groups is 1. The zero-order chi connectivity index (χ0) is 14.8. The van der Waals surface area contributed by atoms with E-state index < -0.39 is 15.1 Å². The first-order valence-electron chi connectivity index (χ1n) is 6.88. The van der Waals surface area contributed by atoms with Crippen molar-refractivity contribution in [1.82, 2.24) is 14.5 Å². The number of aromatic nitrogens is 2. The molecule has 1 aliphatic heterocycles. The molecule has 1 aromatic heterocycles. The highest BCUT2D eigenvalue weighted by Crippen LogP contribution is 2.20. The van der Waals surface area contributed by atoms with Gasteiger partial charge in [0, 0.05) is 37.9 Å². The van der Waals surface area contributed by atoms with Crippen molar-refractivity contribution in [2.24, 2.45) is 0 Å². The van der Waals surface area contributed by atoms with Crippen LogP contribution in [-0.2, 0) is 21.2 Å². The third-order valence-corrected chi connectivity index (χ3v) is 6.32. The second kappa shape index (κ2) is 5.95. The van der Waals surface area contributed by atoms with Crippen LogP contribution in [0.25, 0.3) is 0 Å². The van der Waals surface area contributed by atoms with E-state index in [0.29, 0.717) is 13.0 Å². The number of amides is 1. The predicted molar refractivity (Wildman–Crippen MR) is 75.9 cm³/mol. The number of carbonyl (C=O) groups excluding carboxylic acids is 1. The maximum absolute atomic E-state index is 12.2. The SMILES string of the molecule is C[C@@H]1[C@H](C)N(C(=O)CCCn2ccnc2)CCS1(=O)=O. The molecule has 0 N–H and O–H groups in total. The summed E-state index contributed by atoms with van der Waals surface area (Å²) in [5.74, 6) is 0.116. The molecule has 1 amide bonds. The first-order valence-corrected chi connectivity index (χ1v) is 8.60. The van der Waals surface area contributed by atoms with Crippen LogP contribution in [0.1, 0.15) is 26.7 Å². The van der Waals surface area contributed by atoms with Crippen LogP contribution in [0.4, 0.5) is 0 Å². The van der Waals surface area contributed by atoms with Crippen LogP contribution in [0.5, 0.6) is 0 Å². The fourth-order valence-corrected chi connectivity index (χ4v) is 4.07. The molecule has 1 aromatic rings. The molecule has 7 heteroatoms. The summed E-state index contributed by atoms with van der Waals surface area (Å²) in [7, 11) is -3.04. The van der Waals surface area contributed by atoms with Gasteiger partial charge in [-0.05, 0) is 20.3 Å². The average Bonchev–Trinajstić information content (AvgIpc) is 2.89. The minimum absolute atomic E-state index is 0.0411. The molecular weight excluding hydrogens is 278 g/mol. The number of aryl methyl sites for hydroxylation is 1. The van der Waals surface area contributed by atoms with E-state index in [1.54, 1.807) is 24.3 Å². The first kappa shape index (κ1) is 15.0. The average molecular weight is 299 g/mol. The second-order valence-corrected chi connectivity index (χ2v) is 7.78. The molecule has 6 nitrogen and oxygen atoms in total. The third-order valence-electron chi connectivity index (χ3n) is 4.04. The smallest absolute Gasteiger partial charge is 0.222 e. The molecule has 0 bridgehead atoms. The zero-order valence-corrected chi connectivity index (χ0v) is 12.7. The number of imidazole rings is 1. The van der Waals surface area contributed by atoms with Crippen molar-refractivity contribution in [3.63, 3.8) is 0 Å². The van der Waals surface area contributed by atoms with E-state index in [4.69, 9.17) is 0 Å². The lowest BCUT2D eigenvalue weighted by Gasteiger charge is -2.37. The van der Waals surface area contributed by atoms with Crippen molar-refractivity contribution in [1.29, 1.82) is 0 Å². The molecule has 0 saturated carbocycles. The largest absolute Gasteiger partial charge is 0.338 e. The molecule has 0 unspecified atom stereocenters. The predicted octanol–water partition coefficient (Wildman–Crippen LogP) is 0.697. The Bertz CT molecular complexity index is 553. The van der Waals surface area contributed by atoms with Crippen molar-refractivity contribution in [3.8, 4) is 0 Å². The standard InChI is InChI=1S/C13H21N3O3S/c1-11-12(2)20(18,19)9-8-16(11)13(17)4-3-6-15-7-5-14-10-15/h5,7,10-12H,3-4,6,8-9H2,1-2H3/t11-,12+/m0/s1.